The monoisotopic (exact) mass is 577 g/mol. The summed E-state index contributed by atoms with van der Waals surface area (Å²) in [4.78, 5) is 2.49. The van der Waals surface area contributed by atoms with Crippen molar-refractivity contribution >= 4 is 38.9 Å². The topological polar surface area (TPSA) is 16.4 Å². The number of anilines is 2. The highest BCUT2D eigenvalue weighted by atomic mass is 16.3. The summed E-state index contributed by atoms with van der Waals surface area (Å²) >= 11 is 0. The number of para-hydroxylation sites is 3. The van der Waals surface area contributed by atoms with Gasteiger partial charge in [0.05, 0.1) is 6.04 Å². The Hall–Kier alpha value is -5.60. The predicted molar refractivity (Wildman–Crippen MR) is 188 cm³/mol. The van der Waals surface area contributed by atoms with Gasteiger partial charge >= 0.3 is 0 Å². The quantitative estimate of drug-likeness (QED) is 0.207. The molecule has 0 N–H and O–H groups in total. The van der Waals surface area contributed by atoms with E-state index in [0.717, 1.165) is 33.1 Å². The average molecular weight is 578 g/mol. The molecule has 0 amide bonds. The molecular weight excluding hydrogens is 546 g/mol. The Morgan fingerprint density at radius 1 is 0.600 bits per heavy atom. The summed E-state index contributed by atoms with van der Waals surface area (Å²) in [6, 6.07) is 50.5. The zero-order valence-electron chi connectivity index (χ0n) is 25.0. The van der Waals surface area contributed by atoms with Crippen molar-refractivity contribution in [2.24, 2.45) is 0 Å². The van der Waals surface area contributed by atoms with Crippen LogP contribution in [0.2, 0.25) is 0 Å². The van der Waals surface area contributed by atoms with Crippen LogP contribution in [-0.4, -0.2) is 6.04 Å². The normalized spacial score (nSPS) is 17.0. The molecule has 2 atom stereocenters. The molecular formula is C43H31NO. The molecule has 0 bridgehead atoms. The Bertz CT molecular complexity index is 2270. The number of allylic oxidation sites excluding steroid dienone is 2. The summed E-state index contributed by atoms with van der Waals surface area (Å²) in [5.41, 5.74) is 14.2. The van der Waals surface area contributed by atoms with Crippen LogP contribution in [0.1, 0.15) is 22.6 Å². The molecule has 1 aliphatic carbocycles. The Morgan fingerprint density at radius 2 is 1.33 bits per heavy atom. The zero-order valence-corrected chi connectivity index (χ0v) is 25.0. The molecule has 7 aromatic rings. The van der Waals surface area contributed by atoms with Crippen LogP contribution in [0.15, 0.2) is 162 Å². The van der Waals surface area contributed by atoms with Crippen LogP contribution in [0.5, 0.6) is 0 Å². The molecule has 2 unspecified atom stereocenters. The lowest BCUT2D eigenvalue weighted by atomic mass is 9.86. The van der Waals surface area contributed by atoms with E-state index in [-0.39, 0.29) is 6.04 Å². The Balaban J connectivity index is 1.06. The molecule has 45 heavy (non-hydrogen) atoms. The molecule has 1 aliphatic heterocycles. The first kappa shape index (κ1) is 25.9. The van der Waals surface area contributed by atoms with E-state index in [2.05, 4.69) is 170 Å². The van der Waals surface area contributed by atoms with Gasteiger partial charge in [0.1, 0.15) is 11.2 Å². The second-order valence-electron chi connectivity index (χ2n) is 12.2. The summed E-state index contributed by atoms with van der Waals surface area (Å²) < 4.78 is 6.50. The molecule has 0 saturated heterocycles. The fraction of sp³-hybridized carbons (Fsp3) is 0.0698. The number of benzene rings is 6. The Kier molecular flexibility index (Phi) is 5.89. The third-order valence-corrected chi connectivity index (χ3v) is 9.50. The molecule has 2 aliphatic rings. The van der Waals surface area contributed by atoms with Gasteiger partial charge in [0.2, 0.25) is 0 Å². The lowest BCUT2D eigenvalue weighted by Gasteiger charge is -2.30. The lowest BCUT2D eigenvalue weighted by Crippen LogP contribution is -2.29. The lowest BCUT2D eigenvalue weighted by molar-refractivity contribution is 0.670. The van der Waals surface area contributed by atoms with Gasteiger partial charge < -0.3 is 9.32 Å². The zero-order chi connectivity index (χ0) is 29.9. The maximum atomic E-state index is 6.50. The van der Waals surface area contributed by atoms with Gasteiger partial charge in [-0.2, -0.15) is 0 Å². The van der Waals surface area contributed by atoms with Crippen molar-refractivity contribution in [3.05, 3.63) is 174 Å². The molecule has 214 valence electrons. The minimum absolute atomic E-state index is 0.235. The van der Waals surface area contributed by atoms with Crippen molar-refractivity contribution < 1.29 is 4.42 Å². The fourth-order valence-corrected chi connectivity index (χ4v) is 7.22. The van der Waals surface area contributed by atoms with Gasteiger partial charge in [0.25, 0.3) is 0 Å². The second kappa shape index (κ2) is 10.2. The molecule has 2 heteroatoms. The number of nitrogens with zero attached hydrogens (tertiary/aromatic N) is 1. The van der Waals surface area contributed by atoms with Crippen LogP contribution in [0.25, 0.3) is 49.8 Å². The van der Waals surface area contributed by atoms with E-state index in [0.29, 0.717) is 5.92 Å². The van der Waals surface area contributed by atoms with Crippen molar-refractivity contribution in [1.82, 2.24) is 0 Å². The molecule has 6 aromatic carbocycles. The van der Waals surface area contributed by atoms with E-state index in [4.69, 9.17) is 4.42 Å². The first-order valence-corrected chi connectivity index (χ1v) is 15.7. The molecule has 0 radical (unpaired) electrons. The van der Waals surface area contributed by atoms with Crippen LogP contribution in [0.3, 0.4) is 0 Å². The van der Waals surface area contributed by atoms with E-state index in [1.54, 1.807) is 0 Å². The largest absolute Gasteiger partial charge is 0.455 e. The predicted octanol–water partition coefficient (Wildman–Crippen LogP) is 11.5. The maximum absolute atomic E-state index is 6.50. The van der Waals surface area contributed by atoms with Crippen molar-refractivity contribution in [3.63, 3.8) is 0 Å². The van der Waals surface area contributed by atoms with Crippen LogP contribution in [-0.2, 0) is 0 Å². The van der Waals surface area contributed by atoms with Crippen LogP contribution in [0.4, 0.5) is 11.4 Å². The van der Waals surface area contributed by atoms with E-state index in [9.17, 15) is 0 Å². The first-order valence-electron chi connectivity index (χ1n) is 15.7. The van der Waals surface area contributed by atoms with E-state index < -0.39 is 0 Å². The molecule has 1 aromatic heterocycles. The highest BCUT2D eigenvalue weighted by Crippen LogP contribution is 2.49. The van der Waals surface area contributed by atoms with Crippen LogP contribution < -0.4 is 4.90 Å². The smallest absolute Gasteiger partial charge is 0.143 e. The van der Waals surface area contributed by atoms with Gasteiger partial charge in [0, 0.05) is 33.6 Å². The molecule has 0 fully saturated rings. The molecule has 2 nitrogen and oxygen atoms in total. The van der Waals surface area contributed by atoms with Crippen molar-refractivity contribution in [1.29, 1.82) is 0 Å². The average Bonchev–Trinajstić information content (AvgIpc) is 3.64. The third kappa shape index (κ3) is 4.25. The number of rotatable bonds is 4. The number of fused-ring (bicyclic) bond motifs is 6. The number of hydrogen-bond donors (Lipinski definition) is 0. The number of furan rings is 1. The maximum Gasteiger partial charge on any atom is 0.143 e. The van der Waals surface area contributed by atoms with Gasteiger partial charge in [0.15, 0.2) is 0 Å². The van der Waals surface area contributed by atoms with Gasteiger partial charge in [-0.3, -0.25) is 0 Å². The van der Waals surface area contributed by atoms with Crippen molar-refractivity contribution in [2.75, 3.05) is 4.90 Å². The standard InChI is InChI=1S/C43H31NO/c1-28-14-16-29(17-15-28)32-23-25-42-39(26-32)38-12-7-11-35(43(38)45-42)31-20-18-30(19-21-31)33-22-24-37-36-10-5-6-13-40(36)44(41(37)27-33)34-8-3-2-4-9-34/h2-27,37,41H,1H3. The van der Waals surface area contributed by atoms with Crippen LogP contribution >= 0.6 is 0 Å². The van der Waals surface area contributed by atoms with E-state index in [1.807, 2.05) is 0 Å². The third-order valence-electron chi connectivity index (χ3n) is 9.50. The number of hydrogen-bond acceptors (Lipinski definition) is 2. The molecule has 0 spiro atoms. The summed E-state index contributed by atoms with van der Waals surface area (Å²) in [5, 5.41) is 2.29. The summed E-state index contributed by atoms with van der Waals surface area (Å²) in [5.74, 6) is 0.335. The summed E-state index contributed by atoms with van der Waals surface area (Å²) in [6.45, 7) is 2.12. The summed E-state index contributed by atoms with van der Waals surface area (Å²) in [7, 11) is 0. The van der Waals surface area contributed by atoms with Crippen molar-refractivity contribution in [3.8, 4) is 22.3 Å². The minimum Gasteiger partial charge on any atom is -0.455 e. The minimum atomic E-state index is 0.235. The highest BCUT2D eigenvalue weighted by Gasteiger charge is 2.38. The van der Waals surface area contributed by atoms with Crippen molar-refractivity contribution in [2.45, 2.75) is 18.9 Å². The summed E-state index contributed by atoms with van der Waals surface area (Å²) in [6.07, 6.45) is 7.13. The number of aryl methyl sites for hydroxylation is 1. The van der Waals surface area contributed by atoms with Gasteiger partial charge in [-0.15, -0.1) is 0 Å². The van der Waals surface area contributed by atoms with Gasteiger partial charge in [-0.05, 0) is 70.6 Å². The second-order valence-corrected chi connectivity index (χ2v) is 12.2. The molecule has 2 heterocycles. The Morgan fingerprint density at radius 3 is 2.18 bits per heavy atom. The Labute approximate surface area is 263 Å². The van der Waals surface area contributed by atoms with Crippen LogP contribution in [0, 0.1) is 6.92 Å². The van der Waals surface area contributed by atoms with E-state index >= 15 is 0 Å². The SMILES string of the molecule is Cc1ccc(-c2ccc3oc4c(-c5ccc(C6=CC7C(C=C6)c6ccccc6N7c6ccccc6)cc5)cccc4c3c2)cc1. The fourth-order valence-electron chi connectivity index (χ4n) is 7.22. The first-order chi connectivity index (χ1) is 22.2. The molecule has 0 saturated carbocycles. The van der Waals surface area contributed by atoms with Gasteiger partial charge in [-0.25, -0.2) is 0 Å². The van der Waals surface area contributed by atoms with Gasteiger partial charge in [-0.1, -0.05) is 133 Å². The highest BCUT2D eigenvalue weighted by molar-refractivity contribution is 6.10. The van der Waals surface area contributed by atoms with E-state index in [1.165, 1.54) is 44.8 Å². The molecule has 9 rings (SSSR count).